The first-order valence-electron chi connectivity index (χ1n) is 15.0. The molecule has 0 atom stereocenters. The molecule has 2 saturated carbocycles. The van der Waals surface area contributed by atoms with Crippen molar-refractivity contribution >= 4 is 59.5 Å². The maximum Gasteiger partial charge on any atom is 0.418 e. The quantitative estimate of drug-likeness (QED) is 0.235. The van der Waals surface area contributed by atoms with Gasteiger partial charge in [0, 0.05) is 37.3 Å². The zero-order chi connectivity index (χ0) is 29.3. The number of amides is 2. The van der Waals surface area contributed by atoms with Crippen molar-refractivity contribution in [2.75, 3.05) is 29.0 Å². The first kappa shape index (κ1) is 33.9. The van der Waals surface area contributed by atoms with Crippen LogP contribution in [0.3, 0.4) is 0 Å². The number of carbonyl (C=O) groups is 1. The van der Waals surface area contributed by atoms with Crippen molar-refractivity contribution in [3.8, 4) is 0 Å². The number of fused-ring (bicyclic) bond motifs is 1. The summed E-state index contributed by atoms with van der Waals surface area (Å²) in [5, 5.41) is 9.55. The van der Waals surface area contributed by atoms with Crippen molar-refractivity contribution in [1.29, 1.82) is 0 Å². The minimum atomic E-state index is -4.55. The first-order valence-corrected chi connectivity index (χ1v) is 15.0. The van der Waals surface area contributed by atoms with Crippen molar-refractivity contribution in [3.05, 3.63) is 36.2 Å². The molecule has 6 rings (SSSR count). The van der Waals surface area contributed by atoms with Gasteiger partial charge in [0.15, 0.2) is 17.0 Å². The van der Waals surface area contributed by atoms with Gasteiger partial charge in [-0.1, -0.05) is 25.0 Å². The lowest BCUT2D eigenvalue weighted by molar-refractivity contribution is -0.136. The fraction of sp³-hybridized carbons (Fsp3) is 0.586. The number of para-hydroxylation sites is 1. The molecule has 0 unspecified atom stereocenters. The van der Waals surface area contributed by atoms with Crippen molar-refractivity contribution in [1.82, 2.24) is 24.4 Å². The van der Waals surface area contributed by atoms with Crippen molar-refractivity contribution in [2.24, 2.45) is 5.73 Å². The highest BCUT2D eigenvalue weighted by Gasteiger charge is 2.34. The molecule has 10 nitrogen and oxygen atoms in total. The van der Waals surface area contributed by atoms with E-state index in [0.29, 0.717) is 43.7 Å². The zero-order valence-corrected chi connectivity index (χ0v) is 26.0. The lowest BCUT2D eigenvalue weighted by atomic mass is 9.92. The summed E-state index contributed by atoms with van der Waals surface area (Å²) >= 11 is 0. The van der Waals surface area contributed by atoms with Gasteiger partial charge in [-0.3, -0.25) is 0 Å². The molecule has 44 heavy (non-hydrogen) atoms. The molecule has 3 aliphatic rings. The predicted molar refractivity (Wildman–Crippen MR) is 170 cm³/mol. The molecule has 2 aromatic heterocycles. The van der Waals surface area contributed by atoms with Crippen molar-refractivity contribution < 1.29 is 18.0 Å². The van der Waals surface area contributed by atoms with Crippen LogP contribution in [-0.4, -0.2) is 61.7 Å². The van der Waals surface area contributed by atoms with E-state index in [0.717, 1.165) is 55.8 Å². The second-order valence-corrected chi connectivity index (χ2v) is 11.8. The first-order chi connectivity index (χ1) is 20.2. The molecule has 3 aromatic rings. The Morgan fingerprint density at radius 2 is 1.55 bits per heavy atom. The SMILES string of the molecule is Cl.Cl.NC1CCC(Nc2nc(NC3CCN(C(=O)Nc4ccccc4C(F)(F)F)CC3)c3ncn(C4CCCC4)c3n2)CC1. The Hall–Kier alpha value is -3.03. The Bertz CT molecular complexity index is 1400. The Labute approximate surface area is 267 Å². The van der Waals surface area contributed by atoms with Crippen LogP contribution in [0.5, 0.6) is 0 Å². The van der Waals surface area contributed by atoms with Crippen LogP contribution in [0.15, 0.2) is 30.6 Å². The van der Waals surface area contributed by atoms with Gasteiger partial charge in [-0.25, -0.2) is 9.78 Å². The summed E-state index contributed by atoms with van der Waals surface area (Å²) in [6.45, 7) is 0.797. The van der Waals surface area contributed by atoms with Gasteiger partial charge in [-0.15, -0.1) is 24.8 Å². The monoisotopic (exact) mass is 657 g/mol. The van der Waals surface area contributed by atoms with E-state index in [1.807, 2.05) is 6.33 Å². The van der Waals surface area contributed by atoms with Gasteiger partial charge in [0.25, 0.3) is 0 Å². The van der Waals surface area contributed by atoms with Crippen LogP contribution in [0.4, 0.5) is 35.4 Å². The second kappa shape index (κ2) is 14.4. The van der Waals surface area contributed by atoms with E-state index in [9.17, 15) is 18.0 Å². The Morgan fingerprint density at radius 3 is 2.23 bits per heavy atom. The molecule has 5 N–H and O–H groups in total. The van der Waals surface area contributed by atoms with Crippen LogP contribution < -0.4 is 21.7 Å². The summed E-state index contributed by atoms with van der Waals surface area (Å²) in [6.07, 6.45) is 7.05. The molecule has 2 aliphatic carbocycles. The average Bonchev–Trinajstić information content (AvgIpc) is 3.65. The number of hydrogen-bond donors (Lipinski definition) is 4. The molecule has 3 heterocycles. The Kier molecular flexibility index (Phi) is 11.1. The lowest BCUT2D eigenvalue weighted by Crippen LogP contribution is -2.44. The molecule has 3 fully saturated rings. The number of benzene rings is 1. The summed E-state index contributed by atoms with van der Waals surface area (Å²) in [5.41, 5.74) is 6.54. The highest BCUT2D eigenvalue weighted by Crippen LogP contribution is 2.36. The van der Waals surface area contributed by atoms with Gasteiger partial charge in [0.1, 0.15) is 0 Å². The molecule has 1 aromatic carbocycles. The number of nitrogens with zero attached hydrogens (tertiary/aromatic N) is 5. The van der Waals surface area contributed by atoms with E-state index in [4.69, 9.17) is 20.7 Å². The third-order valence-corrected chi connectivity index (χ3v) is 8.84. The van der Waals surface area contributed by atoms with E-state index >= 15 is 0 Å². The molecule has 15 heteroatoms. The van der Waals surface area contributed by atoms with Crippen LogP contribution >= 0.6 is 24.8 Å². The number of rotatable bonds is 6. The van der Waals surface area contributed by atoms with Crippen molar-refractivity contribution in [3.63, 3.8) is 0 Å². The summed E-state index contributed by atoms with van der Waals surface area (Å²) in [7, 11) is 0. The zero-order valence-electron chi connectivity index (χ0n) is 24.4. The predicted octanol–water partition coefficient (Wildman–Crippen LogP) is 6.59. The summed E-state index contributed by atoms with van der Waals surface area (Å²) < 4.78 is 42.3. The Balaban J connectivity index is 0.00000221. The standard InChI is InChI=1S/C29H38F3N9O.2ClH/c30-29(31,32)22-7-3-4-8-23(22)37-28(42)40-15-13-20(14-16-40)35-25-24-26(41(17-34-24)21-5-1-2-6-21)39-27(38-25)36-19-11-9-18(33)10-12-19;;/h3-4,7-8,17-21H,1-2,5-6,9-16,33H2,(H,37,42)(H2,35,36,38,39);2*1H. The van der Waals surface area contributed by atoms with Gasteiger partial charge in [0.2, 0.25) is 5.95 Å². The van der Waals surface area contributed by atoms with Gasteiger partial charge in [-0.2, -0.15) is 23.1 Å². The molecule has 0 spiro atoms. The van der Waals surface area contributed by atoms with E-state index < -0.39 is 17.8 Å². The number of halogens is 5. The van der Waals surface area contributed by atoms with E-state index in [2.05, 4.69) is 20.5 Å². The Morgan fingerprint density at radius 1 is 0.886 bits per heavy atom. The fourth-order valence-electron chi connectivity index (χ4n) is 6.43. The number of likely N-dealkylation sites (tertiary alicyclic amines) is 1. The number of nitrogens with one attached hydrogen (secondary N) is 3. The second-order valence-electron chi connectivity index (χ2n) is 11.8. The van der Waals surface area contributed by atoms with Gasteiger partial charge in [-0.05, 0) is 63.5 Å². The molecular weight excluding hydrogens is 618 g/mol. The van der Waals surface area contributed by atoms with E-state index in [1.165, 1.54) is 31.0 Å². The van der Waals surface area contributed by atoms with Crippen LogP contribution in [0.1, 0.15) is 75.8 Å². The number of carbonyl (C=O) groups excluding carboxylic acids is 1. The van der Waals surface area contributed by atoms with E-state index in [-0.39, 0.29) is 48.6 Å². The summed E-state index contributed by atoms with van der Waals surface area (Å²) in [4.78, 5) is 28.9. The maximum absolute atomic E-state index is 13.4. The number of alkyl halides is 3. The van der Waals surface area contributed by atoms with Crippen LogP contribution in [-0.2, 0) is 6.18 Å². The minimum absolute atomic E-state index is 0. The highest BCUT2D eigenvalue weighted by atomic mass is 35.5. The summed E-state index contributed by atoms with van der Waals surface area (Å²) in [6, 6.07) is 5.40. The highest BCUT2D eigenvalue weighted by molar-refractivity contribution is 5.90. The maximum atomic E-state index is 13.4. The smallest absolute Gasteiger partial charge is 0.365 e. The van der Waals surface area contributed by atoms with Crippen LogP contribution in [0.2, 0.25) is 0 Å². The molecule has 0 radical (unpaired) electrons. The van der Waals surface area contributed by atoms with Gasteiger partial charge < -0.3 is 31.2 Å². The number of piperidine rings is 1. The van der Waals surface area contributed by atoms with Gasteiger partial charge in [0.05, 0.1) is 17.6 Å². The average molecular weight is 659 g/mol. The number of nitrogens with two attached hydrogens (primary N) is 1. The summed E-state index contributed by atoms with van der Waals surface area (Å²) in [5.74, 6) is 1.24. The molecule has 1 saturated heterocycles. The third kappa shape index (κ3) is 7.60. The fourth-order valence-corrected chi connectivity index (χ4v) is 6.43. The molecular formula is C29H40Cl2F3N9O. The molecule has 0 bridgehead atoms. The topological polar surface area (TPSA) is 126 Å². The van der Waals surface area contributed by atoms with Gasteiger partial charge >= 0.3 is 12.2 Å². The molecule has 2 amide bonds. The lowest BCUT2D eigenvalue weighted by Gasteiger charge is -2.33. The molecule has 242 valence electrons. The number of imidazole rings is 1. The number of anilines is 3. The van der Waals surface area contributed by atoms with Crippen LogP contribution in [0, 0.1) is 0 Å². The number of urea groups is 1. The van der Waals surface area contributed by atoms with Crippen molar-refractivity contribution in [2.45, 2.75) is 94.6 Å². The van der Waals surface area contributed by atoms with Crippen LogP contribution in [0.25, 0.3) is 11.2 Å². The van der Waals surface area contributed by atoms with E-state index in [1.54, 1.807) is 4.90 Å². The number of aromatic nitrogens is 4. The largest absolute Gasteiger partial charge is 0.418 e. The molecule has 1 aliphatic heterocycles. The minimum Gasteiger partial charge on any atom is -0.365 e. The third-order valence-electron chi connectivity index (χ3n) is 8.84. The normalized spacial score (nSPS) is 21.4. The number of hydrogen-bond acceptors (Lipinski definition) is 7.